The predicted octanol–water partition coefficient (Wildman–Crippen LogP) is 17.3. The minimum absolute atomic E-state index is 0.293. The zero-order chi connectivity index (χ0) is 41.6. The van der Waals surface area contributed by atoms with Crippen LogP contribution in [0.5, 0.6) is 0 Å². The summed E-state index contributed by atoms with van der Waals surface area (Å²) in [5.74, 6) is 0.573. The third-order valence-corrected chi connectivity index (χ3v) is 13.9. The van der Waals surface area contributed by atoms with Crippen molar-refractivity contribution in [1.82, 2.24) is 0 Å². The fourth-order valence-electron chi connectivity index (χ4n) is 10.6. The second-order valence-electron chi connectivity index (χ2n) is 17.9. The highest BCUT2D eigenvalue weighted by Crippen LogP contribution is 2.53. The lowest BCUT2D eigenvalue weighted by Crippen LogP contribution is -2.22. The van der Waals surface area contributed by atoms with Gasteiger partial charge in [-0.1, -0.05) is 215 Å². The molecule has 11 rings (SSSR count). The van der Waals surface area contributed by atoms with Gasteiger partial charge < -0.3 is 4.90 Å². The van der Waals surface area contributed by atoms with Crippen LogP contribution < -0.4 is 4.90 Å². The first-order valence-corrected chi connectivity index (χ1v) is 22.5. The molecule has 300 valence electrons. The Labute approximate surface area is 367 Å². The molecule has 1 heteroatoms. The first-order chi connectivity index (χ1) is 30.5. The van der Waals surface area contributed by atoms with Crippen LogP contribution in [-0.4, -0.2) is 0 Å². The molecule has 2 aliphatic rings. The van der Waals surface area contributed by atoms with Gasteiger partial charge in [0.1, 0.15) is 0 Å². The molecular formula is C61H51N. The van der Waals surface area contributed by atoms with Crippen molar-refractivity contribution in [2.45, 2.75) is 57.3 Å². The highest BCUT2D eigenvalue weighted by molar-refractivity contribution is 6.06. The summed E-state index contributed by atoms with van der Waals surface area (Å²) in [5.41, 5.74) is 19.5. The molecule has 9 aromatic rings. The zero-order valence-corrected chi connectivity index (χ0v) is 35.7. The van der Waals surface area contributed by atoms with Crippen molar-refractivity contribution in [2.24, 2.45) is 0 Å². The molecule has 9 aromatic carbocycles. The van der Waals surface area contributed by atoms with Gasteiger partial charge in [-0.05, 0) is 109 Å². The fraction of sp³-hybridized carbons (Fsp3) is 0.148. The Morgan fingerprint density at radius 1 is 0.371 bits per heavy atom. The van der Waals surface area contributed by atoms with Gasteiger partial charge in [-0.25, -0.2) is 0 Å². The van der Waals surface area contributed by atoms with E-state index in [1.54, 1.807) is 0 Å². The van der Waals surface area contributed by atoms with Gasteiger partial charge in [-0.3, -0.25) is 0 Å². The van der Waals surface area contributed by atoms with E-state index in [0.29, 0.717) is 5.92 Å². The third kappa shape index (κ3) is 6.55. The molecule has 0 unspecified atom stereocenters. The summed E-state index contributed by atoms with van der Waals surface area (Å²) in [7, 11) is 0. The zero-order valence-electron chi connectivity index (χ0n) is 35.7. The average Bonchev–Trinajstić information content (AvgIpc) is 3.34. The standard InChI is InChI=1S/C61H51N/c1-61(2)46-37-39-52(51-29-13-12-28-48(51)42-20-6-3-7-21-42)56(40-46)54-31-15-17-35-58(54)62(59-41-47(61)36-38-49(59)43-22-8-4-9-23-43)57-34-16-14-30-53(57)55-33-19-27-45-26-18-32-50(60(45)55)44-24-10-5-11-25-44/h3-4,6-9,12-23,26-41,44H,5,10-11,24-25H2,1-2H3. The lowest BCUT2D eigenvalue weighted by molar-refractivity contribution is 0.445. The molecule has 0 radical (unpaired) electrons. The maximum absolute atomic E-state index is 2.60. The summed E-state index contributed by atoms with van der Waals surface area (Å²) in [5, 5.41) is 2.71. The normalized spacial score (nSPS) is 14.6. The Morgan fingerprint density at radius 2 is 0.871 bits per heavy atom. The maximum Gasteiger partial charge on any atom is 0.0543 e. The van der Waals surface area contributed by atoms with Crippen LogP contribution >= 0.6 is 0 Å². The highest BCUT2D eigenvalue weighted by Gasteiger charge is 2.32. The van der Waals surface area contributed by atoms with E-state index in [2.05, 4.69) is 225 Å². The molecule has 0 N–H and O–H groups in total. The number of benzene rings is 9. The van der Waals surface area contributed by atoms with Crippen LogP contribution in [0.1, 0.15) is 68.6 Å². The summed E-state index contributed by atoms with van der Waals surface area (Å²) in [6.07, 6.45) is 6.46. The van der Waals surface area contributed by atoms with Crippen molar-refractivity contribution in [3.8, 4) is 55.6 Å². The summed E-state index contributed by atoms with van der Waals surface area (Å²) in [4.78, 5) is 2.60. The van der Waals surface area contributed by atoms with Gasteiger partial charge in [0, 0.05) is 22.1 Å². The van der Waals surface area contributed by atoms with E-state index in [9.17, 15) is 0 Å². The van der Waals surface area contributed by atoms with Crippen LogP contribution in [0.4, 0.5) is 17.1 Å². The molecular weight excluding hydrogens is 747 g/mol. The molecule has 0 aromatic heterocycles. The van der Waals surface area contributed by atoms with Crippen LogP contribution in [0.3, 0.4) is 0 Å². The van der Waals surface area contributed by atoms with Crippen molar-refractivity contribution >= 4 is 27.8 Å². The molecule has 62 heavy (non-hydrogen) atoms. The lowest BCUT2D eigenvalue weighted by Gasteiger charge is -2.36. The molecule has 0 spiro atoms. The van der Waals surface area contributed by atoms with Crippen LogP contribution in [-0.2, 0) is 5.41 Å². The topological polar surface area (TPSA) is 3.24 Å². The van der Waals surface area contributed by atoms with E-state index in [1.807, 2.05) is 0 Å². The van der Waals surface area contributed by atoms with Gasteiger partial charge in [0.2, 0.25) is 0 Å². The number of para-hydroxylation sites is 2. The molecule has 1 nitrogen and oxygen atoms in total. The molecule has 1 saturated carbocycles. The molecule has 1 aliphatic carbocycles. The monoisotopic (exact) mass is 797 g/mol. The van der Waals surface area contributed by atoms with E-state index in [1.165, 1.54) is 127 Å². The van der Waals surface area contributed by atoms with Crippen LogP contribution in [0.25, 0.3) is 66.4 Å². The van der Waals surface area contributed by atoms with Crippen molar-refractivity contribution in [1.29, 1.82) is 0 Å². The van der Waals surface area contributed by atoms with Crippen molar-refractivity contribution in [2.75, 3.05) is 4.90 Å². The minimum Gasteiger partial charge on any atom is -0.309 e. The molecule has 4 bridgehead atoms. The minimum atomic E-state index is -0.293. The van der Waals surface area contributed by atoms with E-state index >= 15 is 0 Å². The Balaban J connectivity index is 1.23. The van der Waals surface area contributed by atoms with Crippen LogP contribution in [0.2, 0.25) is 0 Å². The Morgan fingerprint density at radius 3 is 1.55 bits per heavy atom. The summed E-state index contributed by atoms with van der Waals surface area (Å²) in [6.45, 7) is 4.78. The number of fused-ring (bicyclic) bond motifs is 7. The first-order valence-electron chi connectivity index (χ1n) is 22.5. The van der Waals surface area contributed by atoms with Gasteiger partial charge in [0.05, 0.1) is 17.1 Å². The molecule has 0 atom stereocenters. The number of anilines is 3. The second-order valence-corrected chi connectivity index (χ2v) is 17.9. The van der Waals surface area contributed by atoms with Gasteiger partial charge in [-0.15, -0.1) is 0 Å². The summed E-state index contributed by atoms with van der Waals surface area (Å²) >= 11 is 0. The third-order valence-electron chi connectivity index (χ3n) is 13.9. The fourth-order valence-corrected chi connectivity index (χ4v) is 10.6. The van der Waals surface area contributed by atoms with E-state index < -0.39 is 0 Å². The predicted molar refractivity (Wildman–Crippen MR) is 264 cm³/mol. The quantitative estimate of drug-likeness (QED) is 0.162. The highest BCUT2D eigenvalue weighted by atomic mass is 15.2. The summed E-state index contributed by atoms with van der Waals surface area (Å²) in [6, 6.07) is 77.4. The summed E-state index contributed by atoms with van der Waals surface area (Å²) < 4.78 is 0. The van der Waals surface area contributed by atoms with Gasteiger partial charge in [0.25, 0.3) is 0 Å². The molecule has 1 heterocycles. The number of hydrogen-bond acceptors (Lipinski definition) is 1. The van der Waals surface area contributed by atoms with E-state index in [0.717, 1.165) is 5.69 Å². The van der Waals surface area contributed by atoms with Crippen LogP contribution in [0, 0.1) is 0 Å². The Bertz CT molecular complexity index is 3070. The number of nitrogens with zero attached hydrogens (tertiary/aromatic N) is 1. The first kappa shape index (κ1) is 38.0. The molecule has 0 saturated heterocycles. The van der Waals surface area contributed by atoms with E-state index in [4.69, 9.17) is 0 Å². The van der Waals surface area contributed by atoms with Crippen molar-refractivity contribution in [3.05, 3.63) is 223 Å². The average molecular weight is 798 g/mol. The largest absolute Gasteiger partial charge is 0.309 e. The Kier molecular flexibility index (Phi) is 9.69. The van der Waals surface area contributed by atoms with E-state index in [-0.39, 0.29) is 5.41 Å². The lowest BCUT2D eigenvalue weighted by atomic mass is 9.75. The van der Waals surface area contributed by atoms with Crippen molar-refractivity contribution in [3.63, 3.8) is 0 Å². The van der Waals surface area contributed by atoms with Gasteiger partial charge >= 0.3 is 0 Å². The van der Waals surface area contributed by atoms with Gasteiger partial charge in [0.15, 0.2) is 0 Å². The van der Waals surface area contributed by atoms with Crippen molar-refractivity contribution < 1.29 is 0 Å². The number of rotatable bonds is 6. The van der Waals surface area contributed by atoms with Crippen LogP contribution in [0.15, 0.2) is 206 Å². The second kappa shape index (κ2) is 15.8. The maximum atomic E-state index is 2.60. The molecule has 1 fully saturated rings. The number of hydrogen-bond donors (Lipinski definition) is 0. The molecule has 0 amide bonds. The smallest absolute Gasteiger partial charge is 0.0543 e. The SMILES string of the molecule is CC1(C)c2ccc(-c3ccccc3-c3ccccc3)c(c2)-c2ccccc2N(c2ccccc2-c2cccc3cccc(C4CCCCC4)c23)c2cc1ccc2-c1ccccc1. The Hall–Kier alpha value is -6.96. The van der Waals surface area contributed by atoms with Gasteiger partial charge in [-0.2, -0.15) is 0 Å². The molecule has 1 aliphatic heterocycles.